The van der Waals surface area contributed by atoms with Gasteiger partial charge in [0.2, 0.25) is 11.4 Å². The zero-order valence-corrected chi connectivity index (χ0v) is 48.1. The van der Waals surface area contributed by atoms with E-state index in [-0.39, 0.29) is 29.7 Å². The van der Waals surface area contributed by atoms with E-state index < -0.39 is 0 Å². The number of benzene rings is 2. The molecule has 1 aliphatic heterocycles. The molecule has 1 aliphatic rings. The van der Waals surface area contributed by atoms with Gasteiger partial charge >= 0.3 is 0 Å². The molecular formula is C64H112N2NiO2. The Morgan fingerprint density at radius 1 is 0.391 bits per heavy atom. The number of aliphatic hydroxyl groups is 2. The zero-order valence-electron chi connectivity index (χ0n) is 47.1. The minimum absolute atomic E-state index is 0. The van der Waals surface area contributed by atoms with Crippen molar-refractivity contribution in [3.63, 3.8) is 0 Å². The molecule has 0 saturated carbocycles. The normalized spacial score (nSPS) is 12.2. The van der Waals surface area contributed by atoms with Gasteiger partial charge in [-0.1, -0.05) is 214 Å². The summed E-state index contributed by atoms with van der Waals surface area (Å²) in [6, 6.07) is 9.48. The van der Waals surface area contributed by atoms with Gasteiger partial charge in [0.25, 0.3) is 0 Å². The summed E-state index contributed by atoms with van der Waals surface area (Å²) in [5.74, 6) is 0. The van der Waals surface area contributed by atoms with E-state index in [1.165, 1.54) is 257 Å². The number of aryl methyl sites for hydroxylation is 4. The fourth-order valence-electron chi connectivity index (χ4n) is 10.0. The van der Waals surface area contributed by atoms with Gasteiger partial charge in [0.05, 0.1) is 0 Å². The predicted octanol–water partition coefficient (Wildman–Crippen LogP) is 20.4. The number of hydrogen-bond donors (Lipinski definition) is 2. The van der Waals surface area contributed by atoms with E-state index in [0.717, 1.165) is 36.2 Å². The number of allylic oxidation sites excluding steroid dienone is 2. The summed E-state index contributed by atoms with van der Waals surface area (Å²) in [6.45, 7) is 19.7. The minimum atomic E-state index is 0. The molecule has 2 aromatic carbocycles. The number of nitrogens with zero attached hydrogens (tertiary/aromatic N) is 2. The van der Waals surface area contributed by atoms with Gasteiger partial charge in [-0.15, -0.1) is 0 Å². The van der Waals surface area contributed by atoms with Crippen molar-refractivity contribution in [2.45, 2.75) is 300 Å². The van der Waals surface area contributed by atoms with E-state index in [9.17, 15) is 5.53 Å². The van der Waals surface area contributed by atoms with Crippen LogP contribution in [0.1, 0.15) is 304 Å². The Morgan fingerprint density at radius 3 is 1.03 bits per heavy atom. The van der Waals surface area contributed by atoms with Crippen molar-refractivity contribution in [2.75, 3.05) is 13.2 Å². The number of hydrogen-bond acceptors (Lipinski definition) is 2. The molecule has 0 spiro atoms. The third kappa shape index (κ3) is 29.9. The van der Waals surface area contributed by atoms with Crippen molar-refractivity contribution in [1.82, 2.24) is 0 Å². The van der Waals surface area contributed by atoms with E-state index in [2.05, 4.69) is 78.8 Å². The van der Waals surface area contributed by atoms with Gasteiger partial charge in [-0.05, 0) is 144 Å². The van der Waals surface area contributed by atoms with Gasteiger partial charge in [-0.2, -0.15) is 0 Å². The van der Waals surface area contributed by atoms with Gasteiger partial charge < -0.3 is 15.7 Å². The molecule has 1 heterocycles. The Morgan fingerprint density at radius 2 is 0.696 bits per heavy atom. The van der Waals surface area contributed by atoms with Crippen LogP contribution in [-0.4, -0.2) is 28.1 Å². The standard InChI is InChI=1S/C60H100N2.2C2H6O.Ni/c1-8-12-16-17-18-19-20-21-22-23-24-25-26-27-28-29-30-31-32-33-34-35-36-37-38-39-40-43-55-49-59(56-45-50(5)52(7)51(6)46-56)62(61)60(55)57-47-53(41-13-9-2)58(44-15-11-4)54(48-57)42-14-10-3;2*1-2-3;/h45-49H,8-44H2,1-7H3;2*3H,2H2,1H3;. The molecule has 400 valence electrons. The molecule has 0 aromatic heterocycles. The molecule has 0 atom stereocenters. The van der Waals surface area contributed by atoms with E-state index in [1.54, 1.807) is 24.1 Å². The quantitative estimate of drug-likeness (QED) is 0.0398. The smallest absolute Gasteiger partial charge is 0.210 e. The maximum Gasteiger partial charge on any atom is 0.210 e. The number of unbranched alkanes of at least 4 members (excludes halogenated alkanes) is 29. The molecule has 0 aliphatic carbocycles. The first-order chi connectivity index (χ1) is 33.2. The molecule has 2 aromatic rings. The predicted molar refractivity (Wildman–Crippen MR) is 302 cm³/mol. The number of rotatable bonds is 39. The molecule has 0 fully saturated rings. The van der Waals surface area contributed by atoms with E-state index in [4.69, 9.17) is 10.2 Å². The van der Waals surface area contributed by atoms with Crippen LogP contribution in [0, 0.1) is 20.8 Å². The van der Waals surface area contributed by atoms with Gasteiger partial charge in [0.1, 0.15) is 0 Å². The SMILES string of the molecule is CCCCCCCCCCCCCCCCCCCCCCCCCCCCCC1=C(c2cc(CCCC)c(CCCC)c(CCCC)c2)[N+](=[N-])C(c2cc(C)c(C)c(C)c2)=C1.CCO.CCO.[Ni]. The van der Waals surface area contributed by atoms with E-state index in [0.29, 0.717) is 0 Å². The molecule has 2 N–H and O–H groups in total. The van der Waals surface area contributed by atoms with Crippen molar-refractivity contribution >= 4 is 11.4 Å². The Bertz CT molecular complexity index is 1570. The Kier molecular flexibility index (Phi) is 44.4. The first-order valence-corrected chi connectivity index (χ1v) is 29.6. The molecule has 0 saturated heterocycles. The monoisotopic (exact) mass is 999 g/mol. The Labute approximate surface area is 439 Å². The van der Waals surface area contributed by atoms with E-state index in [1.807, 2.05) is 0 Å². The Hall–Kier alpha value is -2.07. The summed E-state index contributed by atoms with van der Waals surface area (Å²) in [6.07, 6.45) is 52.6. The van der Waals surface area contributed by atoms with Gasteiger partial charge in [-0.25, -0.2) is 4.70 Å². The van der Waals surface area contributed by atoms with Gasteiger partial charge in [-0.3, -0.25) is 0 Å². The summed E-state index contributed by atoms with van der Waals surface area (Å²) in [5, 5.41) is 15.1. The van der Waals surface area contributed by atoms with Gasteiger partial charge in [0.15, 0.2) is 0 Å². The summed E-state index contributed by atoms with van der Waals surface area (Å²) in [7, 11) is 0. The van der Waals surface area contributed by atoms with Crippen LogP contribution in [0.3, 0.4) is 0 Å². The second-order valence-corrected chi connectivity index (χ2v) is 20.6. The fourth-order valence-corrected chi connectivity index (χ4v) is 10.0. The topological polar surface area (TPSA) is 65.8 Å². The molecular weight excluding hydrogens is 887 g/mol. The molecule has 0 radical (unpaired) electrons. The van der Waals surface area contributed by atoms with Crippen molar-refractivity contribution in [3.05, 3.63) is 86.0 Å². The largest absolute Gasteiger partial charge is 0.493 e. The first-order valence-electron chi connectivity index (χ1n) is 29.6. The van der Waals surface area contributed by atoms with Crippen molar-refractivity contribution in [3.8, 4) is 0 Å². The maximum atomic E-state index is 12.1. The van der Waals surface area contributed by atoms with Crippen LogP contribution >= 0.6 is 0 Å². The van der Waals surface area contributed by atoms with Crippen LogP contribution in [0.5, 0.6) is 0 Å². The van der Waals surface area contributed by atoms with Crippen LogP contribution in [0.4, 0.5) is 0 Å². The maximum absolute atomic E-state index is 12.1. The average molecular weight is 1000 g/mol. The zero-order chi connectivity index (χ0) is 50.0. The third-order valence-corrected chi connectivity index (χ3v) is 14.4. The van der Waals surface area contributed by atoms with Crippen molar-refractivity contribution in [1.29, 1.82) is 0 Å². The summed E-state index contributed by atoms with van der Waals surface area (Å²) >= 11 is 0. The second-order valence-electron chi connectivity index (χ2n) is 20.6. The Balaban J connectivity index is 0.00000626. The van der Waals surface area contributed by atoms with Crippen molar-refractivity contribution < 1.29 is 31.4 Å². The van der Waals surface area contributed by atoms with Crippen LogP contribution in [0.15, 0.2) is 35.9 Å². The minimum Gasteiger partial charge on any atom is -0.493 e. The van der Waals surface area contributed by atoms with Crippen LogP contribution < -0.4 is 0 Å². The molecule has 3 rings (SSSR count). The molecule has 0 amide bonds. The van der Waals surface area contributed by atoms with Gasteiger partial charge in [0, 0.05) is 52.5 Å². The number of aliphatic hydroxyl groups excluding tert-OH is 2. The molecule has 5 heteroatoms. The van der Waals surface area contributed by atoms with E-state index >= 15 is 0 Å². The van der Waals surface area contributed by atoms with Crippen molar-refractivity contribution in [2.24, 2.45) is 0 Å². The second kappa shape index (κ2) is 45.8. The molecule has 69 heavy (non-hydrogen) atoms. The fraction of sp³-hybridized carbons (Fsp3) is 0.750. The van der Waals surface area contributed by atoms with Crippen LogP contribution in [0.2, 0.25) is 0 Å². The molecule has 4 nitrogen and oxygen atoms in total. The molecule has 0 bridgehead atoms. The molecule has 0 unspecified atom stereocenters. The average Bonchev–Trinajstić information content (AvgIpc) is 3.66. The van der Waals surface area contributed by atoms with Crippen LogP contribution in [0.25, 0.3) is 16.9 Å². The summed E-state index contributed by atoms with van der Waals surface area (Å²) in [4.78, 5) is 0. The first kappa shape index (κ1) is 66.9. The summed E-state index contributed by atoms with van der Waals surface area (Å²) in [5.41, 5.74) is 26.3. The summed E-state index contributed by atoms with van der Waals surface area (Å²) < 4.78 is 1.56. The third-order valence-electron chi connectivity index (χ3n) is 14.4. The van der Waals surface area contributed by atoms with Crippen LogP contribution in [-0.2, 0) is 35.8 Å².